The van der Waals surface area contributed by atoms with Gasteiger partial charge in [-0.05, 0) is 19.3 Å². The number of fused-ring (bicyclic) bond motifs is 1. The summed E-state index contributed by atoms with van der Waals surface area (Å²) >= 11 is 6.03. The molecule has 0 aliphatic heterocycles. The fourth-order valence-electron chi connectivity index (χ4n) is 1.41. The van der Waals surface area contributed by atoms with Gasteiger partial charge in [0.25, 0.3) is 0 Å². The molecule has 0 amide bonds. The minimum absolute atomic E-state index is 0.197. The molecule has 1 aliphatic rings. The van der Waals surface area contributed by atoms with E-state index in [4.69, 9.17) is 11.6 Å². The van der Waals surface area contributed by atoms with E-state index in [-0.39, 0.29) is 5.38 Å². The van der Waals surface area contributed by atoms with Crippen molar-refractivity contribution in [1.82, 2.24) is 10.2 Å². The van der Waals surface area contributed by atoms with Crippen molar-refractivity contribution in [2.45, 2.75) is 24.6 Å². The average molecular weight is 157 g/mol. The van der Waals surface area contributed by atoms with Crippen molar-refractivity contribution in [3.63, 3.8) is 0 Å². The lowest BCUT2D eigenvalue weighted by Crippen LogP contribution is -2.02. The molecule has 10 heavy (non-hydrogen) atoms. The van der Waals surface area contributed by atoms with E-state index in [1.54, 1.807) is 0 Å². The number of H-pyrrole nitrogens is 1. The van der Waals surface area contributed by atoms with Crippen LogP contribution in [-0.2, 0) is 6.42 Å². The first-order valence-electron chi connectivity index (χ1n) is 3.54. The highest BCUT2D eigenvalue weighted by molar-refractivity contribution is 6.20. The van der Waals surface area contributed by atoms with Gasteiger partial charge in [-0.1, -0.05) is 0 Å². The Morgan fingerprint density at radius 1 is 1.70 bits per heavy atom. The van der Waals surface area contributed by atoms with E-state index < -0.39 is 0 Å². The fraction of sp³-hybridized carbons (Fsp3) is 0.571. The molecule has 1 aliphatic carbocycles. The predicted octanol–water partition coefficient (Wildman–Crippen LogP) is 2.03. The van der Waals surface area contributed by atoms with Crippen LogP contribution in [0.1, 0.15) is 29.5 Å². The number of halogens is 1. The summed E-state index contributed by atoms with van der Waals surface area (Å²) in [7, 11) is 0. The molecular weight excluding hydrogens is 148 g/mol. The third-order valence-corrected chi connectivity index (χ3v) is 2.43. The lowest BCUT2D eigenvalue weighted by molar-refractivity contribution is 0.658. The monoisotopic (exact) mass is 156 g/mol. The summed E-state index contributed by atoms with van der Waals surface area (Å²) in [6.07, 6.45) is 5.22. The Morgan fingerprint density at radius 2 is 2.60 bits per heavy atom. The van der Waals surface area contributed by atoms with Crippen LogP contribution in [0.2, 0.25) is 0 Å². The number of aromatic amines is 1. The normalized spacial score (nSPS) is 24.3. The summed E-state index contributed by atoms with van der Waals surface area (Å²) in [6.45, 7) is 0. The van der Waals surface area contributed by atoms with Crippen LogP contribution < -0.4 is 0 Å². The Bertz CT molecular complexity index is 231. The van der Waals surface area contributed by atoms with E-state index in [0.717, 1.165) is 12.8 Å². The van der Waals surface area contributed by atoms with Gasteiger partial charge >= 0.3 is 0 Å². The van der Waals surface area contributed by atoms with Crippen LogP contribution in [0.5, 0.6) is 0 Å². The SMILES string of the molecule is ClC1CCCc2[nH]ncc21. The maximum atomic E-state index is 6.03. The maximum Gasteiger partial charge on any atom is 0.0619 e. The third-order valence-electron chi connectivity index (χ3n) is 1.97. The van der Waals surface area contributed by atoms with E-state index in [9.17, 15) is 0 Å². The van der Waals surface area contributed by atoms with Crippen molar-refractivity contribution >= 4 is 11.6 Å². The molecule has 2 rings (SSSR count). The minimum atomic E-state index is 0.197. The van der Waals surface area contributed by atoms with Crippen LogP contribution in [0.3, 0.4) is 0 Å². The zero-order valence-electron chi connectivity index (χ0n) is 5.60. The van der Waals surface area contributed by atoms with Crippen molar-refractivity contribution in [1.29, 1.82) is 0 Å². The van der Waals surface area contributed by atoms with E-state index in [0.29, 0.717) is 0 Å². The summed E-state index contributed by atoms with van der Waals surface area (Å²) in [5.41, 5.74) is 2.43. The van der Waals surface area contributed by atoms with Crippen LogP contribution in [-0.4, -0.2) is 10.2 Å². The predicted molar refractivity (Wildman–Crippen MR) is 40.1 cm³/mol. The van der Waals surface area contributed by atoms with Crippen molar-refractivity contribution in [3.8, 4) is 0 Å². The molecule has 0 aromatic carbocycles. The number of aromatic nitrogens is 2. The zero-order valence-corrected chi connectivity index (χ0v) is 6.36. The lowest BCUT2D eigenvalue weighted by atomic mass is 9.98. The molecule has 1 heterocycles. The van der Waals surface area contributed by atoms with E-state index >= 15 is 0 Å². The molecule has 0 radical (unpaired) electrons. The van der Waals surface area contributed by atoms with Crippen LogP contribution >= 0.6 is 11.6 Å². The molecule has 1 aromatic rings. The van der Waals surface area contributed by atoms with E-state index in [2.05, 4.69) is 10.2 Å². The average Bonchev–Trinajstić information content (AvgIpc) is 2.36. The number of rotatable bonds is 0. The van der Waals surface area contributed by atoms with Gasteiger partial charge in [-0.2, -0.15) is 5.10 Å². The smallest absolute Gasteiger partial charge is 0.0619 e. The Morgan fingerprint density at radius 3 is 3.40 bits per heavy atom. The second-order valence-corrected chi connectivity index (χ2v) is 3.19. The molecule has 1 unspecified atom stereocenters. The largest absolute Gasteiger partial charge is 0.282 e. The molecule has 0 saturated carbocycles. The maximum absolute atomic E-state index is 6.03. The molecule has 0 fully saturated rings. The number of hydrogen-bond donors (Lipinski definition) is 1. The van der Waals surface area contributed by atoms with Gasteiger partial charge in [-0.25, -0.2) is 0 Å². The zero-order chi connectivity index (χ0) is 6.97. The summed E-state index contributed by atoms with van der Waals surface area (Å²) in [5, 5.41) is 7.10. The number of alkyl halides is 1. The van der Waals surface area contributed by atoms with Gasteiger partial charge in [0.15, 0.2) is 0 Å². The minimum Gasteiger partial charge on any atom is -0.282 e. The Labute approximate surface area is 64.6 Å². The second-order valence-electron chi connectivity index (χ2n) is 2.66. The number of aryl methyl sites for hydroxylation is 1. The topological polar surface area (TPSA) is 28.7 Å². The molecule has 54 valence electrons. The summed E-state index contributed by atoms with van der Waals surface area (Å²) in [5.74, 6) is 0. The standard InChI is InChI=1S/C7H9ClN2/c8-6-2-1-3-7-5(6)4-9-10-7/h4,6H,1-3H2,(H,9,10). The quantitative estimate of drug-likeness (QED) is 0.572. The lowest BCUT2D eigenvalue weighted by Gasteiger charge is -2.14. The van der Waals surface area contributed by atoms with Crippen molar-refractivity contribution in [2.24, 2.45) is 0 Å². The summed E-state index contributed by atoms with van der Waals surface area (Å²) in [6, 6.07) is 0. The first-order valence-corrected chi connectivity index (χ1v) is 3.98. The Kier molecular flexibility index (Phi) is 1.42. The second kappa shape index (κ2) is 2.27. The summed E-state index contributed by atoms with van der Waals surface area (Å²) < 4.78 is 0. The highest BCUT2D eigenvalue weighted by Gasteiger charge is 2.18. The molecule has 1 aromatic heterocycles. The van der Waals surface area contributed by atoms with Crippen molar-refractivity contribution in [2.75, 3.05) is 0 Å². The molecule has 3 heteroatoms. The molecule has 1 atom stereocenters. The first kappa shape index (κ1) is 6.23. The van der Waals surface area contributed by atoms with Gasteiger partial charge in [0.1, 0.15) is 0 Å². The highest BCUT2D eigenvalue weighted by Crippen LogP contribution is 2.32. The van der Waals surface area contributed by atoms with Gasteiger partial charge in [0.2, 0.25) is 0 Å². The molecular formula is C7H9ClN2. The molecule has 0 saturated heterocycles. The summed E-state index contributed by atoms with van der Waals surface area (Å²) in [4.78, 5) is 0. The van der Waals surface area contributed by atoms with Gasteiger partial charge in [0.05, 0.1) is 11.6 Å². The molecule has 2 nitrogen and oxygen atoms in total. The van der Waals surface area contributed by atoms with Gasteiger partial charge in [-0.3, -0.25) is 5.10 Å². The third kappa shape index (κ3) is 0.833. The van der Waals surface area contributed by atoms with Gasteiger partial charge in [0, 0.05) is 11.3 Å². The van der Waals surface area contributed by atoms with Gasteiger partial charge in [-0.15, -0.1) is 11.6 Å². The Hall–Kier alpha value is -0.500. The number of nitrogens with zero attached hydrogens (tertiary/aromatic N) is 1. The molecule has 1 N–H and O–H groups in total. The van der Waals surface area contributed by atoms with Crippen LogP contribution in [0.4, 0.5) is 0 Å². The number of nitrogens with one attached hydrogen (secondary N) is 1. The number of hydrogen-bond acceptors (Lipinski definition) is 1. The van der Waals surface area contributed by atoms with Crippen molar-refractivity contribution in [3.05, 3.63) is 17.5 Å². The highest BCUT2D eigenvalue weighted by atomic mass is 35.5. The fourth-order valence-corrected chi connectivity index (χ4v) is 1.75. The molecule has 0 bridgehead atoms. The first-order chi connectivity index (χ1) is 4.88. The van der Waals surface area contributed by atoms with Crippen LogP contribution in [0, 0.1) is 0 Å². The van der Waals surface area contributed by atoms with E-state index in [1.165, 1.54) is 17.7 Å². The van der Waals surface area contributed by atoms with E-state index in [1.807, 2.05) is 6.20 Å². The van der Waals surface area contributed by atoms with Crippen LogP contribution in [0.25, 0.3) is 0 Å². The van der Waals surface area contributed by atoms with Gasteiger partial charge < -0.3 is 0 Å². The Balaban J connectivity index is 2.41. The van der Waals surface area contributed by atoms with Crippen LogP contribution in [0.15, 0.2) is 6.20 Å². The molecule has 0 spiro atoms. The van der Waals surface area contributed by atoms with Crippen molar-refractivity contribution < 1.29 is 0 Å².